The largest absolute Gasteiger partial charge is 0.493 e. The summed E-state index contributed by atoms with van der Waals surface area (Å²) in [5.74, 6) is -0.872. The minimum Gasteiger partial charge on any atom is -0.493 e. The Kier molecular flexibility index (Phi) is 7.83. The van der Waals surface area contributed by atoms with Gasteiger partial charge in [-0.3, -0.25) is 4.79 Å². The number of amides is 1. The van der Waals surface area contributed by atoms with Crippen LogP contribution in [0.2, 0.25) is 5.02 Å². The molecule has 0 radical (unpaired) electrons. The molecule has 0 saturated carbocycles. The first-order chi connectivity index (χ1) is 15.7. The molecule has 1 fully saturated rings. The van der Waals surface area contributed by atoms with E-state index >= 15 is 0 Å². The van der Waals surface area contributed by atoms with E-state index in [1.807, 2.05) is 0 Å². The maximum Gasteiger partial charge on any atom is 0.340 e. The number of rotatable bonds is 7. The third-order valence-electron chi connectivity index (χ3n) is 5.31. The molecule has 1 amide bonds. The molecule has 178 valence electrons. The van der Waals surface area contributed by atoms with Crippen molar-refractivity contribution in [3.63, 3.8) is 0 Å². The summed E-state index contributed by atoms with van der Waals surface area (Å²) in [6.45, 7) is 0.862. The number of carbonyl (C=O) groups excluding carboxylic acids is 2. The molecule has 1 heterocycles. The summed E-state index contributed by atoms with van der Waals surface area (Å²) < 4.78 is 42.7. The average molecular weight is 497 g/mol. The molecule has 2 aromatic carbocycles. The molecule has 0 unspecified atom stereocenters. The Hall–Kier alpha value is -2.82. The van der Waals surface area contributed by atoms with Crippen LogP contribution in [0.25, 0.3) is 0 Å². The highest BCUT2D eigenvalue weighted by Gasteiger charge is 2.28. The van der Waals surface area contributed by atoms with E-state index in [1.54, 1.807) is 0 Å². The lowest BCUT2D eigenvalue weighted by molar-refractivity contribution is 0.0601. The normalized spacial score (nSPS) is 14.4. The zero-order valence-corrected chi connectivity index (χ0v) is 20.1. The summed E-state index contributed by atoms with van der Waals surface area (Å²) >= 11 is 6.22. The molecule has 1 saturated heterocycles. The monoisotopic (exact) mass is 496 g/mol. The van der Waals surface area contributed by atoms with Gasteiger partial charge in [0.15, 0.2) is 11.5 Å². The van der Waals surface area contributed by atoms with E-state index in [0.717, 1.165) is 19.3 Å². The fourth-order valence-corrected chi connectivity index (χ4v) is 5.29. The van der Waals surface area contributed by atoms with E-state index in [0.29, 0.717) is 13.1 Å². The van der Waals surface area contributed by atoms with Crippen molar-refractivity contribution in [2.45, 2.75) is 24.2 Å². The van der Waals surface area contributed by atoms with Crippen LogP contribution in [0, 0.1) is 0 Å². The molecular formula is C22H25ClN2O7S. The average Bonchev–Trinajstić information content (AvgIpc) is 2.83. The number of hydrogen-bond donors (Lipinski definition) is 1. The van der Waals surface area contributed by atoms with Crippen molar-refractivity contribution in [2.75, 3.05) is 39.7 Å². The summed E-state index contributed by atoms with van der Waals surface area (Å²) in [5, 5.41) is 2.66. The van der Waals surface area contributed by atoms with Gasteiger partial charge in [0.25, 0.3) is 5.91 Å². The molecule has 0 aromatic heterocycles. The van der Waals surface area contributed by atoms with Crippen LogP contribution in [0.4, 0.5) is 5.69 Å². The van der Waals surface area contributed by atoms with Crippen LogP contribution in [0.15, 0.2) is 35.2 Å². The molecule has 11 heteroatoms. The van der Waals surface area contributed by atoms with Crippen LogP contribution in [0.5, 0.6) is 11.5 Å². The maximum absolute atomic E-state index is 13.1. The van der Waals surface area contributed by atoms with Crippen LogP contribution in [0.1, 0.15) is 40.0 Å². The van der Waals surface area contributed by atoms with Crippen molar-refractivity contribution in [1.82, 2.24) is 4.31 Å². The number of carbonyl (C=O) groups is 2. The zero-order valence-electron chi connectivity index (χ0n) is 18.5. The van der Waals surface area contributed by atoms with E-state index in [2.05, 4.69) is 5.32 Å². The number of anilines is 1. The van der Waals surface area contributed by atoms with E-state index in [9.17, 15) is 18.0 Å². The second kappa shape index (κ2) is 10.4. The fraction of sp³-hybridized carbons (Fsp3) is 0.364. The van der Waals surface area contributed by atoms with Crippen molar-refractivity contribution in [1.29, 1.82) is 0 Å². The first-order valence-corrected chi connectivity index (χ1v) is 12.0. The number of piperidine rings is 1. The van der Waals surface area contributed by atoms with E-state index < -0.39 is 21.9 Å². The Bertz CT molecular complexity index is 1160. The molecule has 2 aromatic rings. The molecule has 3 rings (SSSR count). The highest BCUT2D eigenvalue weighted by Crippen LogP contribution is 2.34. The lowest BCUT2D eigenvalue weighted by Crippen LogP contribution is -2.35. The van der Waals surface area contributed by atoms with Gasteiger partial charge >= 0.3 is 5.97 Å². The van der Waals surface area contributed by atoms with E-state index in [-0.39, 0.29) is 38.2 Å². The number of nitrogens with zero attached hydrogens (tertiary/aromatic N) is 1. The van der Waals surface area contributed by atoms with E-state index in [1.165, 1.54) is 56.0 Å². The second-order valence-corrected chi connectivity index (χ2v) is 9.65. The first kappa shape index (κ1) is 24.8. The van der Waals surface area contributed by atoms with Gasteiger partial charge in [0.2, 0.25) is 10.0 Å². The van der Waals surface area contributed by atoms with Gasteiger partial charge in [-0.2, -0.15) is 4.31 Å². The third kappa shape index (κ3) is 5.23. The SMILES string of the molecule is COC(=O)c1cc(OC)c(OC)cc1NC(=O)c1cc(S(=O)(=O)N2CCCCC2)ccc1Cl. The van der Waals surface area contributed by atoms with Gasteiger partial charge in [-0.15, -0.1) is 0 Å². The Morgan fingerprint density at radius 1 is 0.939 bits per heavy atom. The van der Waals surface area contributed by atoms with Crippen molar-refractivity contribution in [3.8, 4) is 11.5 Å². The fourth-order valence-electron chi connectivity index (χ4n) is 3.54. The predicted octanol–water partition coefficient (Wildman–Crippen LogP) is 3.57. The van der Waals surface area contributed by atoms with Gasteiger partial charge in [0.05, 0.1) is 48.1 Å². The number of methoxy groups -OCH3 is 3. The van der Waals surface area contributed by atoms with Crippen LogP contribution in [-0.2, 0) is 14.8 Å². The predicted molar refractivity (Wildman–Crippen MR) is 123 cm³/mol. The van der Waals surface area contributed by atoms with Crippen molar-refractivity contribution >= 4 is 39.2 Å². The molecule has 1 aliphatic heterocycles. The molecular weight excluding hydrogens is 472 g/mol. The van der Waals surface area contributed by atoms with Crippen molar-refractivity contribution < 1.29 is 32.2 Å². The summed E-state index contributed by atoms with van der Waals surface area (Å²) in [6, 6.07) is 6.76. The molecule has 9 nitrogen and oxygen atoms in total. The molecule has 0 atom stereocenters. The van der Waals surface area contributed by atoms with E-state index in [4.69, 9.17) is 25.8 Å². The first-order valence-electron chi connectivity index (χ1n) is 10.2. The standard InChI is InChI=1S/C22H25ClN2O7S/c1-30-19-12-16(22(27)32-3)18(13-20(19)31-2)24-21(26)15-11-14(7-8-17(15)23)33(28,29)25-9-5-4-6-10-25/h7-8,11-13H,4-6,9-10H2,1-3H3,(H,24,26). The number of hydrogen-bond acceptors (Lipinski definition) is 7. The topological polar surface area (TPSA) is 111 Å². The molecule has 0 bridgehead atoms. The van der Waals surface area contributed by atoms with Crippen LogP contribution < -0.4 is 14.8 Å². The Balaban J connectivity index is 1.98. The van der Waals surface area contributed by atoms with Crippen molar-refractivity contribution in [2.24, 2.45) is 0 Å². The summed E-state index contributed by atoms with van der Waals surface area (Å²) in [4.78, 5) is 25.3. The minimum atomic E-state index is -3.77. The molecule has 0 spiro atoms. The highest BCUT2D eigenvalue weighted by molar-refractivity contribution is 7.89. The number of nitrogens with one attached hydrogen (secondary N) is 1. The molecule has 1 aliphatic rings. The second-order valence-electron chi connectivity index (χ2n) is 7.30. The van der Waals surface area contributed by atoms with Crippen LogP contribution >= 0.6 is 11.6 Å². The number of benzene rings is 2. The zero-order chi connectivity index (χ0) is 24.2. The Morgan fingerprint density at radius 3 is 2.18 bits per heavy atom. The number of esters is 1. The van der Waals surface area contributed by atoms with Gasteiger partial charge in [0, 0.05) is 25.2 Å². The van der Waals surface area contributed by atoms with Gasteiger partial charge in [0.1, 0.15) is 0 Å². The number of sulfonamides is 1. The van der Waals surface area contributed by atoms with Gasteiger partial charge in [-0.05, 0) is 31.0 Å². The highest BCUT2D eigenvalue weighted by atomic mass is 35.5. The third-order valence-corrected chi connectivity index (χ3v) is 7.54. The lowest BCUT2D eigenvalue weighted by Gasteiger charge is -2.26. The number of halogens is 1. The molecule has 33 heavy (non-hydrogen) atoms. The van der Waals surface area contributed by atoms with Crippen LogP contribution in [0.3, 0.4) is 0 Å². The molecule has 0 aliphatic carbocycles. The lowest BCUT2D eigenvalue weighted by atomic mass is 10.1. The molecule has 1 N–H and O–H groups in total. The smallest absolute Gasteiger partial charge is 0.340 e. The number of ether oxygens (including phenoxy) is 3. The van der Waals surface area contributed by atoms with Gasteiger partial charge in [-0.25, -0.2) is 13.2 Å². The summed E-state index contributed by atoms with van der Waals surface area (Å²) in [7, 11) is 0.254. The summed E-state index contributed by atoms with van der Waals surface area (Å²) in [5.41, 5.74) is 0.0573. The quantitative estimate of drug-likeness (QED) is 0.583. The maximum atomic E-state index is 13.1. The van der Waals surface area contributed by atoms with Crippen molar-refractivity contribution in [3.05, 3.63) is 46.5 Å². The minimum absolute atomic E-state index is 0.0247. The van der Waals surface area contributed by atoms with Gasteiger partial charge < -0.3 is 19.5 Å². The van der Waals surface area contributed by atoms with Gasteiger partial charge in [-0.1, -0.05) is 18.0 Å². The Labute approximate surface area is 197 Å². The Morgan fingerprint density at radius 2 is 1.58 bits per heavy atom. The van der Waals surface area contributed by atoms with Crippen LogP contribution in [-0.4, -0.2) is 59.0 Å². The summed E-state index contributed by atoms with van der Waals surface area (Å²) in [6.07, 6.45) is 2.56.